The monoisotopic (exact) mass is 821 g/mol. The van der Waals surface area contributed by atoms with Crippen molar-refractivity contribution in [1.29, 1.82) is 0 Å². The molecule has 13 nitrogen and oxygen atoms in total. The predicted octanol–water partition coefficient (Wildman–Crippen LogP) is 7.67. The molecule has 328 valence electrons. The fourth-order valence-electron chi connectivity index (χ4n) is 6.44. The third kappa shape index (κ3) is 25.6. The topological polar surface area (TPSA) is 210 Å². The first-order valence-corrected chi connectivity index (χ1v) is 23.1. The first-order valence-electron chi connectivity index (χ1n) is 21.6. The molecule has 0 heterocycles. The van der Waals surface area contributed by atoms with Crippen molar-refractivity contribution in [2.45, 2.75) is 217 Å². The summed E-state index contributed by atoms with van der Waals surface area (Å²) in [5.74, 6) is -1.12. The smallest absolute Gasteiger partial charge is 0.462 e. The van der Waals surface area contributed by atoms with E-state index >= 15 is 0 Å². The van der Waals surface area contributed by atoms with Crippen molar-refractivity contribution in [3.63, 3.8) is 0 Å². The van der Waals surface area contributed by atoms with Crippen LogP contribution in [0.15, 0.2) is 24.3 Å². The van der Waals surface area contributed by atoms with E-state index < -0.39 is 75.7 Å². The van der Waals surface area contributed by atoms with Crippen LogP contribution in [0.3, 0.4) is 0 Å². The van der Waals surface area contributed by atoms with Crippen molar-refractivity contribution in [1.82, 2.24) is 0 Å². The first kappa shape index (κ1) is 52.3. The zero-order chi connectivity index (χ0) is 41.4. The Morgan fingerprint density at radius 2 is 0.929 bits per heavy atom. The Hall–Kier alpha value is -1.67. The predicted molar refractivity (Wildman–Crippen MR) is 217 cm³/mol. The van der Waals surface area contributed by atoms with Gasteiger partial charge in [-0.3, -0.25) is 18.6 Å². The van der Waals surface area contributed by atoms with E-state index in [1.807, 2.05) is 0 Å². The van der Waals surface area contributed by atoms with Gasteiger partial charge < -0.3 is 39.9 Å². The molecule has 1 rings (SSSR count). The fraction of sp³-hybridized carbons (Fsp3) is 0.857. The lowest BCUT2D eigenvalue weighted by Gasteiger charge is -2.41. The number of allylic oxidation sites excluding steroid dienone is 4. The van der Waals surface area contributed by atoms with Crippen molar-refractivity contribution in [3.05, 3.63) is 24.3 Å². The number of aliphatic hydroxyl groups excluding tert-OH is 5. The van der Waals surface area contributed by atoms with Crippen molar-refractivity contribution in [2.75, 3.05) is 13.2 Å². The molecule has 1 aliphatic carbocycles. The van der Waals surface area contributed by atoms with E-state index in [4.69, 9.17) is 18.5 Å². The van der Waals surface area contributed by atoms with Crippen LogP contribution in [0, 0.1) is 0 Å². The third-order valence-electron chi connectivity index (χ3n) is 10.0. The zero-order valence-corrected chi connectivity index (χ0v) is 35.3. The van der Waals surface area contributed by atoms with E-state index in [1.165, 1.54) is 57.8 Å². The lowest BCUT2D eigenvalue weighted by molar-refractivity contribution is -0.220. The average Bonchev–Trinajstić information content (AvgIpc) is 3.18. The summed E-state index contributed by atoms with van der Waals surface area (Å²) in [4.78, 5) is 35.5. The van der Waals surface area contributed by atoms with Gasteiger partial charge in [-0.15, -0.1) is 0 Å². The first-order chi connectivity index (χ1) is 26.9. The highest BCUT2D eigenvalue weighted by Gasteiger charge is 2.51. The van der Waals surface area contributed by atoms with Crippen LogP contribution in [0.2, 0.25) is 0 Å². The number of hydrogen-bond donors (Lipinski definition) is 6. The Bertz CT molecular complexity index is 1090. The van der Waals surface area contributed by atoms with Gasteiger partial charge in [0.05, 0.1) is 6.61 Å². The molecule has 0 saturated heterocycles. The second-order valence-electron chi connectivity index (χ2n) is 15.2. The van der Waals surface area contributed by atoms with Crippen LogP contribution >= 0.6 is 7.82 Å². The highest BCUT2D eigenvalue weighted by atomic mass is 31.2. The standard InChI is InChI=1S/C42H77O13P/c1-3-5-7-9-11-13-15-16-17-18-19-21-23-25-27-29-31-36(44)54-34(32-52-35(43)30-28-26-24-22-20-14-12-10-8-6-4-2)33-53-56(50,51)55-42-40(48)38(46)37(45)39(47)41(42)49/h10,12,17-18,34,37-42,45-49H,3-9,11,13-16,19-33H2,1-2H3,(H,50,51)/b12-10-,18-17-/t34-,37?,38-,39?,40?,41?,42?/m1/s1. The van der Waals surface area contributed by atoms with Gasteiger partial charge >= 0.3 is 19.8 Å². The van der Waals surface area contributed by atoms with Crippen LogP contribution in [0.1, 0.15) is 174 Å². The number of aliphatic hydroxyl groups is 5. The number of phosphoric ester groups is 1. The molecule has 0 bridgehead atoms. The van der Waals surface area contributed by atoms with Crippen LogP contribution in [0.4, 0.5) is 0 Å². The van der Waals surface area contributed by atoms with Crippen molar-refractivity contribution >= 4 is 19.8 Å². The SMILES string of the molecule is CCCC/C=C\CCCCCCCC(=O)OC[C@H](COP(=O)(O)OC1C(O)C(O)C(O)[C@@H](O)C1O)OC(=O)CCCCCCC/C=C\CCCCCCCCC. The van der Waals surface area contributed by atoms with E-state index in [2.05, 4.69) is 38.2 Å². The maximum atomic E-state index is 12.8. The van der Waals surface area contributed by atoms with E-state index in [9.17, 15) is 44.6 Å². The molecule has 0 spiro atoms. The Morgan fingerprint density at radius 3 is 1.41 bits per heavy atom. The molecule has 56 heavy (non-hydrogen) atoms. The molecule has 0 aromatic carbocycles. The second-order valence-corrected chi connectivity index (χ2v) is 16.6. The van der Waals surface area contributed by atoms with Gasteiger partial charge in [-0.05, 0) is 57.8 Å². The highest BCUT2D eigenvalue weighted by molar-refractivity contribution is 7.47. The summed E-state index contributed by atoms with van der Waals surface area (Å²) < 4.78 is 33.4. The van der Waals surface area contributed by atoms with Gasteiger partial charge in [0.1, 0.15) is 43.2 Å². The lowest BCUT2D eigenvalue weighted by Crippen LogP contribution is -2.64. The summed E-state index contributed by atoms with van der Waals surface area (Å²) in [7, 11) is -5.11. The molecule has 14 heteroatoms. The number of esters is 2. The summed E-state index contributed by atoms with van der Waals surface area (Å²) >= 11 is 0. The van der Waals surface area contributed by atoms with Gasteiger partial charge in [0, 0.05) is 12.8 Å². The molecule has 6 unspecified atom stereocenters. The molecule has 0 amide bonds. The summed E-state index contributed by atoms with van der Waals surface area (Å²) in [6.07, 6.45) is 21.0. The largest absolute Gasteiger partial charge is 0.472 e. The third-order valence-corrected chi connectivity index (χ3v) is 11.0. The summed E-state index contributed by atoms with van der Waals surface area (Å²) in [6.45, 7) is 3.23. The van der Waals surface area contributed by atoms with Crippen LogP contribution < -0.4 is 0 Å². The maximum Gasteiger partial charge on any atom is 0.472 e. The molecule has 0 radical (unpaired) electrons. The quantitative estimate of drug-likeness (QED) is 0.0157. The summed E-state index contributed by atoms with van der Waals surface area (Å²) in [5.41, 5.74) is 0. The number of carbonyl (C=O) groups excluding carboxylic acids is 2. The Labute approximate surface area is 336 Å². The van der Waals surface area contributed by atoms with E-state index in [0.29, 0.717) is 12.8 Å². The minimum absolute atomic E-state index is 0.0865. The Kier molecular flexibility index (Phi) is 31.0. The number of ether oxygens (including phenoxy) is 2. The summed E-state index contributed by atoms with van der Waals surface area (Å²) in [6, 6.07) is 0. The fourth-order valence-corrected chi connectivity index (χ4v) is 7.41. The zero-order valence-electron chi connectivity index (χ0n) is 34.4. The van der Waals surface area contributed by atoms with Gasteiger partial charge in [0.2, 0.25) is 0 Å². The second kappa shape index (κ2) is 33.2. The number of unbranched alkanes of at least 4 members (excludes halogenated alkanes) is 19. The molecule has 0 aromatic rings. The number of phosphoric acid groups is 1. The molecule has 1 saturated carbocycles. The van der Waals surface area contributed by atoms with Crippen molar-refractivity contribution in [2.24, 2.45) is 0 Å². The molecule has 0 aliphatic heterocycles. The van der Waals surface area contributed by atoms with Crippen molar-refractivity contribution < 1.29 is 63.1 Å². The van der Waals surface area contributed by atoms with Gasteiger partial charge in [0.25, 0.3) is 0 Å². The van der Waals surface area contributed by atoms with Gasteiger partial charge in [-0.2, -0.15) is 0 Å². The number of hydrogen-bond acceptors (Lipinski definition) is 12. The molecule has 0 aromatic heterocycles. The van der Waals surface area contributed by atoms with Gasteiger partial charge in [-0.1, -0.05) is 128 Å². The Balaban J connectivity index is 2.50. The minimum Gasteiger partial charge on any atom is -0.462 e. The van der Waals surface area contributed by atoms with E-state index in [0.717, 1.165) is 77.0 Å². The van der Waals surface area contributed by atoms with E-state index in [-0.39, 0.29) is 12.8 Å². The van der Waals surface area contributed by atoms with Crippen LogP contribution in [-0.4, -0.2) is 98.3 Å². The van der Waals surface area contributed by atoms with Gasteiger partial charge in [0.15, 0.2) is 6.10 Å². The number of carbonyl (C=O) groups is 2. The average molecular weight is 821 g/mol. The van der Waals surface area contributed by atoms with Crippen LogP contribution in [0.5, 0.6) is 0 Å². The highest BCUT2D eigenvalue weighted by Crippen LogP contribution is 2.47. The normalized spacial score (nSPS) is 23.1. The van der Waals surface area contributed by atoms with Crippen LogP contribution in [0.25, 0.3) is 0 Å². The molecule has 1 aliphatic rings. The molecular formula is C42H77O13P. The van der Waals surface area contributed by atoms with Crippen LogP contribution in [-0.2, 0) is 32.7 Å². The minimum atomic E-state index is -5.11. The van der Waals surface area contributed by atoms with E-state index in [1.54, 1.807) is 0 Å². The number of rotatable bonds is 35. The lowest BCUT2D eigenvalue weighted by atomic mass is 9.85. The molecule has 6 N–H and O–H groups in total. The molecular weight excluding hydrogens is 743 g/mol. The molecule has 1 fully saturated rings. The molecule has 8 atom stereocenters. The maximum absolute atomic E-state index is 12.8. The van der Waals surface area contributed by atoms with Gasteiger partial charge in [-0.25, -0.2) is 4.57 Å². The Morgan fingerprint density at radius 1 is 0.536 bits per heavy atom. The van der Waals surface area contributed by atoms with Crippen molar-refractivity contribution in [3.8, 4) is 0 Å². The summed E-state index contributed by atoms with van der Waals surface area (Å²) in [5, 5.41) is 50.0.